The maximum atomic E-state index is 2.35. The molecule has 24 aromatic rings. The van der Waals surface area contributed by atoms with E-state index < -0.39 is 0 Å². The number of anilines is 15. The summed E-state index contributed by atoms with van der Waals surface area (Å²) in [5.74, 6) is 0. The van der Waals surface area contributed by atoms with Crippen LogP contribution < -0.4 is 29.4 Å². The Morgan fingerprint density at radius 2 is 0.294 bits per heavy atom. The van der Waals surface area contributed by atoms with Crippen LogP contribution >= 0.6 is 0 Å². The monoisotopic (exact) mass is 1830 g/mol. The van der Waals surface area contributed by atoms with Gasteiger partial charge >= 0.3 is 0 Å². The smallest absolute Gasteiger partial charge is 0.0487 e. The summed E-state index contributed by atoms with van der Waals surface area (Å²) in [5.41, 5.74) is 33.8. The quantitative estimate of drug-likeness (QED) is 0.0669. The molecule has 0 aliphatic heterocycles. The van der Waals surface area contributed by atoms with Crippen molar-refractivity contribution in [1.82, 2.24) is 0 Å². The molecule has 0 saturated carbocycles. The van der Waals surface area contributed by atoms with Gasteiger partial charge in [-0.3, -0.25) is 0 Å². The average Bonchev–Trinajstić information content (AvgIpc) is 0.790. The first-order valence-electron chi connectivity index (χ1n) is 48.9. The summed E-state index contributed by atoms with van der Waals surface area (Å²) in [7, 11) is 6.39. The normalized spacial score (nSPS) is 11.0. The molecule has 0 bridgehead atoms. The summed E-state index contributed by atoms with van der Waals surface area (Å²) < 4.78 is 0. The van der Waals surface area contributed by atoms with Gasteiger partial charge in [0.1, 0.15) is 0 Å². The van der Waals surface area contributed by atoms with Gasteiger partial charge in [0.2, 0.25) is 0 Å². The third-order valence-electron chi connectivity index (χ3n) is 27.4. The minimum absolute atomic E-state index is 1.11. The molecule has 0 heterocycles. The summed E-state index contributed by atoms with van der Waals surface area (Å²) in [5, 5.41) is 12.4. The fourth-order valence-corrected chi connectivity index (χ4v) is 19.5. The summed E-state index contributed by atoms with van der Waals surface area (Å²) >= 11 is 0. The van der Waals surface area contributed by atoms with Gasteiger partial charge in [-0.15, -0.1) is 0 Å². The molecule has 6 nitrogen and oxygen atoms in total. The van der Waals surface area contributed by atoms with Crippen molar-refractivity contribution in [3.63, 3.8) is 0 Å². The first-order chi connectivity index (χ1) is 70.6. The van der Waals surface area contributed by atoms with Crippen LogP contribution in [0.25, 0.3) is 132 Å². The van der Waals surface area contributed by atoms with E-state index in [1.807, 2.05) is 0 Å². The molecule has 0 aromatic heterocycles. The Balaban J connectivity index is 0.000000123. The second kappa shape index (κ2) is 41.4. The van der Waals surface area contributed by atoms with Crippen molar-refractivity contribution in [1.29, 1.82) is 0 Å². The topological polar surface area (TPSA) is 19.4 Å². The van der Waals surface area contributed by atoms with Gasteiger partial charge in [0.05, 0.1) is 0 Å². The highest BCUT2D eigenvalue weighted by Crippen LogP contribution is 2.46. The molecule has 0 amide bonds. The average molecular weight is 1830 g/mol. The predicted octanol–water partition coefficient (Wildman–Crippen LogP) is 38.2. The van der Waals surface area contributed by atoms with Crippen molar-refractivity contribution < 1.29 is 0 Å². The lowest BCUT2D eigenvalue weighted by atomic mass is 10.0. The lowest BCUT2D eigenvalue weighted by Crippen LogP contribution is -2.10. The first-order valence-corrected chi connectivity index (χ1v) is 48.9. The molecule has 682 valence electrons. The lowest BCUT2D eigenvalue weighted by molar-refractivity contribution is 1.21. The minimum atomic E-state index is 1.11. The van der Waals surface area contributed by atoms with Gasteiger partial charge in [-0.25, -0.2) is 0 Å². The van der Waals surface area contributed by atoms with Crippen molar-refractivity contribution >= 4 is 139 Å². The molecule has 24 rings (SSSR count). The number of hydrogen-bond donors (Lipinski definition) is 0. The molecular weight excluding hydrogens is 1730 g/mol. The highest BCUT2D eigenvalue weighted by molar-refractivity contribution is 5.98. The zero-order chi connectivity index (χ0) is 96.2. The van der Waals surface area contributed by atoms with E-state index in [4.69, 9.17) is 0 Å². The molecule has 0 spiro atoms. The van der Waals surface area contributed by atoms with Crippen molar-refractivity contribution in [3.8, 4) is 77.9 Å². The van der Waals surface area contributed by atoms with Gasteiger partial charge in [-0.2, -0.15) is 0 Å². The minimum Gasteiger partial charge on any atom is -0.345 e. The molecule has 0 radical (unpaired) electrons. The molecule has 0 aliphatic carbocycles. The molecule has 0 fully saturated rings. The van der Waals surface area contributed by atoms with Gasteiger partial charge in [-0.05, 0) is 302 Å². The SMILES string of the molecule is CN(c1ccc(-c2ccc(N(c3cccc(-c4ccccc4)c3)c3ccc4ccccc4c3)cc2)cc1)c1ccc2ccccc2c1.CN(c1ccc(-c2ccc(N(c3cccc(-c4ccccc4)c3)c3ccc4ccccc4c3)cc2)cc1)c1cccc2ccccc12.CN(c1ccc(-c2ccccc2)cc1)c1ccc(-c2ccc(N(c3cccc(-c4ccccc4)c3)c3ccc4ccccc4c3)cc2)cc1. The molecule has 6 heteroatoms. The fourth-order valence-electron chi connectivity index (χ4n) is 19.5. The van der Waals surface area contributed by atoms with Crippen LogP contribution in [0, 0.1) is 0 Å². The third-order valence-corrected chi connectivity index (χ3v) is 27.4. The van der Waals surface area contributed by atoms with Crippen LogP contribution in [-0.4, -0.2) is 21.1 Å². The number of benzene rings is 24. The largest absolute Gasteiger partial charge is 0.345 e. The summed E-state index contributed by atoms with van der Waals surface area (Å²) in [6, 6.07) is 207. The van der Waals surface area contributed by atoms with Crippen molar-refractivity contribution in [2.24, 2.45) is 0 Å². The zero-order valence-corrected chi connectivity index (χ0v) is 80.0. The highest BCUT2D eigenvalue weighted by atomic mass is 15.2. The molecule has 24 aromatic carbocycles. The van der Waals surface area contributed by atoms with Crippen LogP contribution in [0.3, 0.4) is 0 Å². The molecule has 0 saturated heterocycles. The standard InChI is InChI=1S/C47H36N2.2C45H34N2/c1-48(43-26-19-38(20-27-43)35-11-4-2-5-12-35)44-28-21-39(22-29-44)40-23-30-45(31-24-40)49(47-32-25-37-15-8-9-16-41(37)34-47)46-18-10-17-42(33-46)36-13-6-3-7-14-36;1-46(43-28-22-34-12-5-7-14-38(34)30-43)41-24-18-36(19-25-41)37-20-26-42(27-21-37)47(45-29-23-35-13-6-8-15-39(35)32-45)44-17-9-16-40(31-44)33-10-3-2-4-11-33;1-46(45-20-10-16-37-14-7-8-19-44(37)45)40-26-21-35(22-27-40)36-23-28-41(29-24-36)47(43-30-25-34-13-5-6-15-38(34)32-43)42-18-9-17-39(31-42)33-11-3-2-4-12-33/h2-34H,1H3;2*2-32H,1H3. The Bertz CT molecular complexity index is 8510. The van der Waals surface area contributed by atoms with E-state index in [1.165, 1.54) is 143 Å². The van der Waals surface area contributed by atoms with Gasteiger partial charge < -0.3 is 29.4 Å². The fraction of sp³-hybridized carbons (Fsp3) is 0.0219. The molecule has 0 atom stereocenters. The number of hydrogen-bond acceptors (Lipinski definition) is 6. The van der Waals surface area contributed by atoms with Crippen LogP contribution in [0.15, 0.2) is 576 Å². The maximum Gasteiger partial charge on any atom is 0.0487 e. The van der Waals surface area contributed by atoms with Crippen molar-refractivity contribution in [2.75, 3.05) is 50.5 Å². The summed E-state index contributed by atoms with van der Waals surface area (Å²) in [6.07, 6.45) is 0. The van der Waals surface area contributed by atoms with Gasteiger partial charge in [0, 0.05) is 112 Å². The summed E-state index contributed by atoms with van der Waals surface area (Å²) in [4.78, 5) is 13.8. The molecule has 0 N–H and O–H groups in total. The van der Waals surface area contributed by atoms with Gasteiger partial charge in [0.25, 0.3) is 0 Å². The van der Waals surface area contributed by atoms with E-state index in [0.717, 1.165) is 73.9 Å². The Morgan fingerprint density at radius 3 is 0.594 bits per heavy atom. The molecule has 0 unspecified atom stereocenters. The van der Waals surface area contributed by atoms with E-state index in [-0.39, 0.29) is 0 Å². The van der Waals surface area contributed by atoms with E-state index in [1.54, 1.807) is 0 Å². The van der Waals surface area contributed by atoms with Gasteiger partial charge in [-0.1, -0.05) is 400 Å². The number of rotatable bonds is 22. The van der Waals surface area contributed by atoms with Crippen molar-refractivity contribution in [3.05, 3.63) is 576 Å². The Labute approximate surface area is 838 Å². The lowest BCUT2D eigenvalue weighted by Gasteiger charge is -2.26. The van der Waals surface area contributed by atoms with Crippen LogP contribution in [0.4, 0.5) is 85.3 Å². The predicted molar refractivity (Wildman–Crippen MR) is 612 cm³/mol. The second-order valence-corrected chi connectivity index (χ2v) is 36.3. The van der Waals surface area contributed by atoms with Crippen LogP contribution in [0.5, 0.6) is 0 Å². The van der Waals surface area contributed by atoms with Crippen LogP contribution in [0.1, 0.15) is 0 Å². The van der Waals surface area contributed by atoms with E-state index in [9.17, 15) is 0 Å². The zero-order valence-electron chi connectivity index (χ0n) is 80.0. The molecule has 0 aliphatic rings. The van der Waals surface area contributed by atoms with E-state index in [2.05, 4.69) is 627 Å². The maximum absolute atomic E-state index is 2.35. The number of fused-ring (bicyclic) bond motifs is 5. The Hall–Kier alpha value is -18.6. The highest BCUT2D eigenvalue weighted by Gasteiger charge is 2.22. The molecule has 143 heavy (non-hydrogen) atoms. The Morgan fingerprint density at radius 1 is 0.105 bits per heavy atom. The van der Waals surface area contributed by atoms with Gasteiger partial charge in [0.15, 0.2) is 0 Å². The first kappa shape index (κ1) is 89.6. The van der Waals surface area contributed by atoms with E-state index in [0.29, 0.717) is 0 Å². The second-order valence-electron chi connectivity index (χ2n) is 36.3. The Kier molecular flexibility index (Phi) is 25.9. The van der Waals surface area contributed by atoms with Crippen LogP contribution in [0.2, 0.25) is 0 Å². The van der Waals surface area contributed by atoms with Crippen molar-refractivity contribution in [2.45, 2.75) is 0 Å². The van der Waals surface area contributed by atoms with E-state index >= 15 is 0 Å². The summed E-state index contributed by atoms with van der Waals surface area (Å²) in [6.45, 7) is 0. The third kappa shape index (κ3) is 19.9. The number of nitrogens with zero attached hydrogens (tertiary/aromatic N) is 6. The van der Waals surface area contributed by atoms with Crippen LogP contribution in [-0.2, 0) is 0 Å². The molecular formula is C137H104N6.